The van der Waals surface area contributed by atoms with Crippen molar-refractivity contribution in [1.29, 1.82) is 0 Å². The van der Waals surface area contributed by atoms with Gasteiger partial charge < -0.3 is 15.1 Å². The summed E-state index contributed by atoms with van der Waals surface area (Å²) in [6, 6.07) is 17.7. The molecule has 0 saturated carbocycles. The number of hydrogen-bond donors (Lipinski definition) is 2. The summed E-state index contributed by atoms with van der Waals surface area (Å²) >= 11 is 0. The lowest BCUT2D eigenvalue weighted by molar-refractivity contribution is -0.135. The number of allylic oxidation sites excluding steroid dienone is 3. The van der Waals surface area contributed by atoms with Crippen molar-refractivity contribution >= 4 is 27.1 Å². The summed E-state index contributed by atoms with van der Waals surface area (Å²) in [7, 11) is -4.54. The minimum absolute atomic E-state index is 0.0859. The van der Waals surface area contributed by atoms with E-state index in [9.17, 15) is 26.1 Å². The molecule has 0 bridgehead atoms. The van der Waals surface area contributed by atoms with Crippen molar-refractivity contribution in [2.24, 2.45) is 0 Å². The molecule has 1 heterocycles. The second-order valence-corrected chi connectivity index (χ2v) is 15.0. The molecule has 1 atom stereocenters. The number of benzene rings is 3. The number of nitrogens with one attached hydrogen (secondary N) is 1. The summed E-state index contributed by atoms with van der Waals surface area (Å²) in [5.41, 5.74) is 8.84. The van der Waals surface area contributed by atoms with E-state index in [1.165, 1.54) is 37.1 Å². The van der Waals surface area contributed by atoms with Gasteiger partial charge in [-0.25, -0.2) is 0 Å². The average molecular weight is 726 g/mol. The third kappa shape index (κ3) is 10.9. The van der Waals surface area contributed by atoms with Gasteiger partial charge >= 0.3 is 6.18 Å². The van der Waals surface area contributed by atoms with Crippen LogP contribution >= 0.6 is 0 Å². The highest BCUT2D eigenvalue weighted by molar-refractivity contribution is 7.85. The summed E-state index contributed by atoms with van der Waals surface area (Å²) in [6.45, 7) is 16.7. The standard InChI is InChI=1S/C41H54F3N3O3S/c1-6-9-23-46(8-3)33-15-18-36(30(4)26-33)40(37-19-16-34(27-31(37)5)47-24-11-10-12-25-47)39(14-7-2)38-20-17-35(51(48,49)50)28-32(38)29-45-22-13-21-41(42,43)44/h7,14-20,26-28,40,45H,2,6,8-13,21-25,29H2,1,3-5H3,(H,48,49,50)/b39-14+. The lowest BCUT2D eigenvalue weighted by atomic mass is 9.77. The van der Waals surface area contributed by atoms with Crippen molar-refractivity contribution in [1.82, 2.24) is 5.32 Å². The Morgan fingerprint density at radius 2 is 1.67 bits per heavy atom. The maximum atomic E-state index is 12.9. The smallest absolute Gasteiger partial charge is 0.372 e. The molecule has 0 amide bonds. The van der Waals surface area contributed by atoms with Gasteiger partial charge in [0.1, 0.15) is 0 Å². The zero-order valence-corrected chi connectivity index (χ0v) is 31.3. The van der Waals surface area contributed by atoms with Gasteiger partial charge in [-0.15, -0.1) is 0 Å². The van der Waals surface area contributed by atoms with Crippen LogP contribution in [0.3, 0.4) is 0 Å². The van der Waals surface area contributed by atoms with Crippen molar-refractivity contribution in [3.05, 3.63) is 107 Å². The van der Waals surface area contributed by atoms with Gasteiger partial charge in [0.2, 0.25) is 0 Å². The zero-order chi connectivity index (χ0) is 37.2. The van der Waals surface area contributed by atoms with E-state index in [-0.39, 0.29) is 30.3 Å². The van der Waals surface area contributed by atoms with E-state index in [0.29, 0.717) is 5.56 Å². The Morgan fingerprint density at radius 3 is 2.25 bits per heavy atom. The molecule has 1 aliphatic heterocycles. The fraction of sp³-hybridized carbons (Fsp3) is 0.463. The highest BCUT2D eigenvalue weighted by atomic mass is 32.2. The zero-order valence-electron chi connectivity index (χ0n) is 30.5. The highest BCUT2D eigenvalue weighted by Gasteiger charge is 2.28. The number of rotatable bonds is 17. The van der Waals surface area contributed by atoms with Crippen LogP contribution in [-0.2, 0) is 16.7 Å². The van der Waals surface area contributed by atoms with Crippen LogP contribution in [0.1, 0.15) is 98.1 Å². The van der Waals surface area contributed by atoms with E-state index < -0.39 is 22.7 Å². The van der Waals surface area contributed by atoms with E-state index in [4.69, 9.17) is 0 Å². The summed E-state index contributed by atoms with van der Waals surface area (Å²) in [5, 5.41) is 3.08. The Labute approximate surface area is 303 Å². The second-order valence-electron chi connectivity index (χ2n) is 13.5. The molecule has 2 N–H and O–H groups in total. The number of alkyl halides is 3. The van der Waals surface area contributed by atoms with E-state index in [0.717, 1.165) is 78.1 Å². The maximum absolute atomic E-state index is 12.9. The Morgan fingerprint density at radius 1 is 0.980 bits per heavy atom. The quantitative estimate of drug-likeness (QED) is 0.0820. The summed E-state index contributed by atoms with van der Waals surface area (Å²) in [6.07, 6.45) is 4.13. The molecule has 6 nitrogen and oxygen atoms in total. The Kier molecular flexibility index (Phi) is 14.4. The van der Waals surface area contributed by atoms with E-state index in [1.807, 2.05) is 6.08 Å². The minimum Gasteiger partial charge on any atom is -0.372 e. The van der Waals surface area contributed by atoms with Gasteiger partial charge in [0.25, 0.3) is 10.1 Å². The minimum atomic E-state index is -4.54. The molecule has 1 unspecified atom stereocenters. The highest BCUT2D eigenvalue weighted by Crippen LogP contribution is 2.43. The maximum Gasteiger partial charge on any atom is 0.389 e. The van der Waals surface area contributed by atoms with Crippen LogP contribution < -0.4 is 15.1 Å². The number of anilines is 2. The normalized spacial score (nSPS) is 14.8. The molecule has 3 aromatic rings. The monoisotopic (exact) mass is 725 g/mol. The Balaban J connectivity index is 1.87. The first kappa shape index (κ1) is 40.2. The molecule has 51 heavy (non-hydrogen) atoms. The van der Waals surface area contributed by atoms with Crippen LogP contribution in [0.2, 0.25) is 0 Å². The van der Waals surface area contributed by atoms with Crippen molar-refractivity contribution < 1.29 is 26.1 Å². The van der Waals surface area contributed by atoms with E-state index in [2.05, 4.69) is 85.8 Å². The van der Waals surface area contributed by atoms with Crippen LogP contribution in [0.25, 0.3) is 5.57 Å². The first-order valence-electron chi connectivity index (χ1n) is 18.2. The van der Waals surface area contributed by atoms with Gasteiger partial charge in [-0.05, 0) is 135 Å². The molecule has 278 valence electrons. The molecule has 10 heteroatoms. The lowest BCUT2D eigenvalue weighted by Crippen LogP contribution is -2.29. The Bertz CT molecular complexity index is 1770. The number of piperidine rings is 1. The number of halogens is 3. The van der Waals surface area contributed by atoms with Crippen molar-refractivity contribution in [3.8, 4) is 0 Å². The van der Waals surface area contributed by atoms with E-state index >= 15 is 0 Å². The Hall–Kier alpha value is -3.60. The molecule has 0 aromatic heterocycles. The molecule has 0 spiro atoms. The van der Waals surface area contributed by atoms with E-state index in [1.54, 1.807) is 12.1 Å². The van der Waals surface area contributed by atoms with Crippen LogP contribution in [0.4, 0.5) is 24.5 Å². The molecular formula is C41H54F3N3O3S. The van der Waals surface area contributed by atoms with Crippen LogP contribution in [0, 0.1) is 13.8 Å². The summed E-state index contributed by atoms with van der Waals surface area (Å²) in [4.78, 5) is 4.54. The molecule has 4 rings (SSSR count). The topological polar surface area (TPSA) is 72.9 Å². The summed E-state index contributed by atoms with van der Waals surface area (Å²) < 4.78 is 73.0. The average Bonchev–Trinajstić information content (AvgIpc) is 3.09. The lowest BCUT2D eigenvalue weighted by Gasteiger charge is -2.31. The predicted octanol–water partition coefficient (Wildman–Crippen LogP) is 10.0. The van der Waals surface area contributed by atoms with Gasteiger partial charge in [-0.3, -0.25) is 4.55 Å². The van der Waals surface area contributed by atoms with Gasteiger partial charge in [-0.1, -0.05) is 50.3 Å². The molecular weight excluding hydrogens is 672 g/mol. The van der Waals surface area contributed by atoms with Crippen molar-refractivity contribution in [2.45, 2.75) is 96.2 Å². The fourth-order valence-electron chi connectivity index (χ4n) is 7.10. The summed E-state index contributed by atoms with van der Waals surface area (Å²) in [5.74, 6) is -0.293. The molecule has 1 fully saturated rings. The molecule has 1 saturated heterocycles. The SMILES string of the molecule is C=C/C=C(\c1ccc(S(=O)(=O)O)cc1CNCCCC(F)(F)F)C(c1ccc(N(CC)CCCC)cc1C)c1ccc(N2CCCCC2)cc1C. The van der Waals surface area contributed by atoms with Gasteiger partial charge in [0, 0.05) is 56.4 Å². The molecule has 0 aliphatic carbocycles. The predicted molar refractivity (Wildman–Crippen MR) is 204 cm³/mol. The second kappa shape index (κ2) is 18.2. The van der Waals surface area contributed by atoms with Crippen molar-refractivity contribution in [3.63, 3.8) is 0 Å². The third-order valence-electron chi connectivity index (χ3n) is 9.80. The number of nitrogens with zero attached hydrogens (tertiary/aromatic N) is 2. The molecule has 1 aliphatic rings. The molecule has 3 aromatic carbocycles. The number of aryl methyl sites for hydroxylation is 2. The van der Waals surface area contributed by atoms with Crippen LogP contribution in [-0.4, -0.2) is 51.9 Å². The van der Waals surface area contributed by atoms with Crippen molar-refractivity contribution in [2.75, 3.05) is 42.5 Å². The number of unbranched alkanes of at least 4 members (excludes halogenated alkanes) is 1. The first-order chi connectivity index (χ1) is 24.3. The first-order valence-corrected chi connectivity index (χ1v) is 19.6. The van der Waals surface area contributed by atoms with Crippen LogP contribution in [0.15, 0.2) is 78.2 Å². The van der Waals surface area contributed by atoms with Gasteiger partial charge in [0.15, 0.2) is 0 Å². The van der Waals surface area contributed by atoms with Gasteiger partial charge in [-0.2, -0.15) is 21.6 Å². The van der Waals surface area contributed by atoms with Gasteiger partial charge in [0.05, 0.1) is 4.90 Å². The largest absolute Gasteiger partial charge is 0.389 e. The molecule has 0 radical (unpaired) electrons. The fourth-order valence-corrected chi connectivity index (χ4v) is 7.63. The van der Waals surface area contributed by atoms with Crippen LogP contribution in [0.5, 0.6) is 0 Å². The third-order valence-corrected chi connectivity index (χ3v) is 10.7. The number of hydrogen-bond acceptors (Lipinski definition) is 5.